The Kier molecular flexibility index (Phi) is 13.5. The first-order chi connectivity index (χ1) is 36.9. The van der Waals surface area contributed by atoms with Crippen molar-refractivity contribution in [1.29, 1.82) is 0 Å². The van der Waals surface area contributed by atoms with Crippen molar-refractivity contribution in [3.63, 3.8) is 0 Å². The molecular formula is C48H81N15O6. The molecule has 0 aromatic carbocycles. The summed E-state index contributed by atoms with van der Waals surface area (Å²) >= 11 is 0. The standard InChI is InChI=1S/3C16H27N5O2/c3*1-9-5-6-10(7-12(9)22)19-14-11(13(17)23)8-18-15(20-14)21-16(2,3)4/h3*8-10,12,22H,5-7H2,1-4H3,(H2,17,23)(H2,18,19,20,21)/i5D,6D,7D,9D,10D;6D2,9D,10D,12D;5D,6D,7D. The maximum atomic E-state index is 11.8. The summed E-state index contributed by atoms with van der Waals surface area (Å²) in [4.78, 5) is 59.9. The second-order valence-corrected chi connectivity index (χ2v) is 19.8. The van der Waals surface area contributed by atoms with E-state index in [0.29, 0.717) is 0 Å². The molecule has 69 heavy (non-hydrogen) atoms. The molecule has 15 atom stereocenters. The molecule has 6 rings (SSSR count). The van der Waals surface area contributed by atoms with Crippen LogP contribution in [-0.4, -0.2) is 116 Å². The van der Waals surface area contributed by atoms with Crippen LogP contribution in [0.3, 0.4) is 0 Å². The van der Waals surface area contributed by atoms with Gasteiger partial charge in [-0.2, -0.15) is 15.0 Å². The number of primary amides is 3. The van der Waals surface area contributed by atoms with E-state index in [-0.39, 0.29) is 57.5 Å². The Balaban J connectivity index is 0.000000265. The number of nitrogens with zero attached hydrogens (tertiary/aromatic N) is 6. The fourth-order valence-corrected chi connectivity index (χ4v) is 6.14. The number of nitrogens with two attached hydrogens (primary N) is 3. The van der Waals surface area contributed by atoms with Crippen molar-refractivity contribution >= 4 is 53.0 Å². The largest absolute Gasteiger partial charge is 0.393 e. The number of nitrogens with one attached hydrogen (secondary N) is 6. The molecule has 3 heterocycles. The molecule has 3 aromatic heterocycles. The molecule has 0 bridgehead atoms. The van der Waals surface area contributed by atoms with Crippen LogP contribution in [0, 0.1) is 17.7 Å². The Labute approximate surface area is 425 Å². The molecule has 0 saturated heterocycles. The van der Waals surface area contributed by atoms with Crippen LogP contribution in [0.2, 0.25) is 0 Å². The molecule has 3 aliphatic carbocycles. The average Bonchev–Trinajstić information content (AvgIpc) is 2.14. The highest BCUT2D eigenvalue weighted by Gasteiger charge is 2.30. The lowest BCUT2D eigenvalue weighted by Gasteiger charge is -2.32. The number of hydrogen-bond donors (Lipinski definition) is 12. The van der Waals surface area contributed by atoms with E-state index in [0.717, 1.165) is 6.20 Å². The number of rotatable bonds is 12. The third kappa shape index (κ3) is 18.3. The quantitative estimate of drug-likeness (QED) is 0.110. The summed E-state index contributed by atoms with van der Waals surface area (Å²) in [6.07, 6.45) is -12.7. The van der Waals surface area contributed by atoms with E-state index in [1.807, 2.05) is 62.3 Å². The minimum absolute atomic E-state index is 0.0264. The van der Waals surface area contributed by atoms with Crippen molar-refractivity contribution in [2.24, 2.45) is 34.9 Å². The Morgan fingerprint density at radius 3 is 1.43 bits per heavy atom. The Bertz CT molecular complexity index is 2680. The molecule has 0 aliphatic heterocycles. The monoisotopic (exact) mass is 977 g/mol. The van der Waals surface area contributed by atoms with Crippen LogP contribution in [0.15, 0.2) is 18.6 Å². The van der Waals surface area contributed by atoms with Gasteiger partial charge in [-0.3, -0.25) is 14.4 Å². The minimum Gasteiger partial charge on any atom is -0.393 e. The third-order valence-corrected chi connectivity index (χ3v) is 9.76. The van der Waals surface area contributed by atoms with Crippen molar-refractivity contribution in [1.82, 2.24) is 29.9 Å². The van der Waals surface area contributed by atoms with Gasteiger partial charge in [-0.1, -0.05) is 20.8 Å². The van der Waals surface area contributed by atoms with Crippen molar-refractivity contribution in [3.8, 4) is 0 Å². The normalized spacial score (nSPS) is 40.2. The van der Waals surface area contributed by atoms with Crippen LogP contribution >= 0.6 is 0 Å². The SMILES string of the molecule is [2H]C1([2H])CC([2H])(C)C([2H])(O)CC1([2H])Nc1nc(NC(C)(C)C)ncc1C(N)=O.[2H]C1C([2H])C(Nc2nc(NC(C)(C)C)ncc2C(N)=O)C([2H])C(O)C1C.[2H]C1C([2H])C([2H])(Nc2nc(NC(C)(C)C)ncc2C(N)=O)C([2H])C(O)C1([2H])C. The third-order valence-electron chi connectivity index (χ3n) is 9.76. The highest BCUT2D eigenvalue weighted by Crippen LogP contribution is 2.30. The highest BCUT2D eigenvalue weighted by molar-refractivity contribution is 5.98. The van der Waals surface area contributed by atoms with Crippen LogP contribution in [0.5, 0.6) is 0 Å². The molecule has 3 aromatic rings. The second-order valence-electron chi connectivity index (χ2n) is 19.8. The Morgan fingerprint density at radius 2 is 1.01 bits per heavy atom. The van der Waals surface area contributed by atoms with E-state index in [9.17, 15) is 29.7 Å². The lowest BCUT2D eigenvalue weighted by atomic mass is 9.85. The zero-order chi connectivity index (χ0) is 63.2. The van der Waals surface area contributed by atoms with Crippen molar-refractivity contribution in [2.45, 2.75) is 194 Å². The van der Waals surface area contributed by atoms with E-state index < -0.39 is 140 Å². The van der Waals surface area contributed by atoms with Gasteiger partial charge in [-0.25, -0.2) is 15.0 Å². The van der Waals surface area contributed by atoms with E-state index in [1.54, 1.807) is 6.92 Å². The summed E-state index contributed by atoms with van der Waals surface area (Å²) in [5.74, 6) is -6.33. The fraction of sp³-hybridized carbons (Fsp3) is 0.688. The molecule has 0 radical (unpaired) electrons. The first-order valence-corrected chi connectivity index (χ1v) is 22.2. The van der Waals surface area contributed by atoms with Crippen molar-refractivity contribution in [2.75, 3.05) is 31.9 Å². The number of carbonyl (C=O) groups excluding carboxylic acids is 3. The molecule has 21 nitrogen and oxygen atoms in total. The van der Waals surface area contributed by atoms with Crippen LogP contribution in [0.25, 0.3) is 0 Å². The number of aromatic nitrogens is 6. The summed E-state index contributed by atoms with van der Waals surface area (Å²) in [5, 5.41) is 48.0. The molecule has 3 aliphatic rings. The molecule has 15 unspecified atom stereocenters. The van der Waals surface area contributed by atoms with Gasteiger partial charge in [0.25, 0.3) is 17.7 Å². The second kappa shape index (κ2) is 23.8. The Hall–Kier alpha value is -5.67. The molecule has 21 heteroatoms. The number of anilines is 6. The molecule has 3 saturated carbocycles. The molecule has 0 spiro atoms. The summed E-state index contributed by atoms with van der Waals surface area (Å²) in [6, 6.07) is -5.31. The van der Waals surface area contributed by atoms with Gasteiger partial charge in [0.05, 0.1) is 39.1 Å². The van der Waals surface area contributed by atoms with Crippen LogP contribution in [0.1, 0.15) is 190 Å². The van der Waals surface area contributed by atoms with E-state index in [1.165, 1.54) is 26.2 Å². The van der Waals surface area contributed by atoms with E-state index >= 15 is 0 Å². The zero-order valence-corrected chi connectivity index (χ0v) is 41.4. The van der Waals surface area contributed by atoms with Crippen molar-refractivity contribution < 1.29 is 47.5 Å². The lowest BCUT2D eigenvalue weighted by molar-refractivity contribution is 0.0737. The molecule has 3 fully saturated rings. The van der Waals surface area contributed by atoms with Crippen LogP contribution in [0.4, 0.5) is 35.3 Å². The fourth-order valence-electron chi connectivity index (χ4n) is 6.14. The summed E-state index contributed by atoms with van der Waals surface area (Å²) < 4.78 is 107. The maximum absolute atomic E-state index is 11.8. The van der Waals surface area contributed by atoms with E-state index in [2.05, 4.69) is 61.8 Å². The molecule has 384 valence electrons. The number of aliphatic hydroxyl groups excluding tert-OH is 2. The Morgan fingerprint density at radius 1 is 0.594 bits per heavy atom. The first kappa shape index (κ1) is 39.1. The van der Waals surface area contributed by atoms with E-state index in [4.69, 9.17) is 35.0 Å². The van der Waals surface area contributed by atoms with Gasteiger partial charge in [0.15, 0.2) is 0 Å². The van der Waals surface area contributed by atoms with Crippen LogP contribution in [-0.2, 0) is 0 Å². The summed E-state index contributed by atoms with van der Waals surface area (Å²) in [5.41, 5.74) is 14.7. The zero-order valence-electron chi connectivity index (χ0n) is 54.4. The maximum Gasteiger partial charge on any atom is 0.254 e. The number of aliphatic hydroxyl groups is 3. The topological polar surface area (TPSA) is 339 Å². The van der Waals surface area contributed by atoms with Gasteiger partial charge in [-0.05, 0) is 138 Å². The smallest absolute Gasteiger partial charge is 0.254 e. The lowest BCUT2D eigenvalue weighted by Crippen LogP contribution is -2.36. The highest BCUT2D eigenvalue weighted by atomic mass is 16.3. The van der Waals surface area contributed by atoms with Gasteiger partial charge in [0, 0.05) is 67.0 Å². The molecule has 15 N–H and O–H groups in total. The van der Waals surface area contributed by atoms with Crippen molar-refractivity contribution in [3.05, 3.63) is 35.3 Å². The van der Waals surface area contributed by atoms with Crippen LogP contribution < -0.4 is 49.1 Å². The van der Waals surface area contributed by atoms with Gasteiger partial charge in [-0.15, -0.1) is 0 Å². The predicted octanol–water partition coefficient (Wildman–Crippen LogP) is 5.24. The average molecular weight is 977 g/mol. The van der Waals surface area contributed by atoms with Gasteiger partial charge in [0.2, 0.25) is 17.8 Å². The molecular weight excluding hydrogens is 883 g/mol. The predicted molar refractivity (Wildman–Crippen MR) is 271 cm³/mol. The van der Waals surface area contributed by atoms with Gasteiger partial charge in [0.1, 0.15) is 17.5 Å². The first-order valence-electron chi connectivity index (χ1n) is 29.2. The number of amides is 3. The van der Waals surface area contributed by atoms with Gasteiger partial charge < -0.3 is 64.4 Å². The molecule has 3 amide bonds. The summed E-state index contributed by atoms with van der Waals surface area (Å²) in [6.45, 7) is 21.2. The van der Waals surface area contributed by atoms with Gasteiger partial charge >= 0.3 is 0 Å². The summed E-state index contributed by atoms with van der Waals surface area (Å²) in [7, 11) is 0. The number of carbonyl (C=O) groups is 3. The number of hydrogen-bond acceptors (Lipinski definition) is 18. The minimum atomic E-state index is -2.39.